The van der Waals surface area contributed by atoms with Crippen LogP contribution >= 0.6 is 203 Å². The topological polar surface area (TPSA) is 44.8 Å². The van der Waals surface area contributed by atoms with Gasteiger partial charge in [-0.15, -0.1) is 98.2 Å². The highest BCUT2D eigenvalue weighted by Gasteiger charge is 2.53. The van der Waals surface area contributed by atoms with Gasteiger partial charge in [0.1, 0.15) is 6.10 Å². The molecule has 29 heteroatoms. The number of Topliss-reactive ketones (excluding diaryl/α,β-unsaturated/α-hetero) is 1. The number of ketones is 1. The van der Waals surface area contributed by atoms with E-state index in [1.54, 1.807) is 0 Å². The van der Waals surface area contributed by atoms with E-state index >= 15 is 0 Å². The maximum Gasteiger partial charge on any atom is 0.162 e. The molecule has 2 bridgehead atoms. The van der Waals surface area contributed by atoms with Crippen LogP contribution in [0.15, 0.2) is 11.1 Å². The summed E-state index contributed by atoms with van der Waals surface area (Å²) >= 11 is 0. The number of hydrogen-bond acceptors (Lipinski definition) is 4. The van der Waals surface area contributed by atoms with Crippen LogP contribution in [-0.2, 0) is 18.4 Å². The zero-order chi connectivity index (χ0) is 33.0. The molecule has 0 saturated heterocycles. The van der Waals surface area contributed by atoms with Gasteiger partial charge in [-0.25, -0.2) is 0 Å². The van der Waals surface area contributed by atoms with E-state index in [-0.39, 0.29) is 86.7 Å². The standard InChI is InChI=1S/C14H47O4P25/c1-7-11(18-35(41(31)37(23)24)43(39(27)28)40(29)30)6-8-13(16-32-19)9(15)4-5-10(12(7)14(8,2)3)17-34(36(21)22)42(33-20)38(25)26/h8,10-11,13,32-33H,4-6,19-31H2,1-3H3. The van der Waals surface area contributed by atoms with Gasteiger partial charge in [-0.3, -0.25) is 4.79 Å². The molecule has 0 aromatic rings. The molecule has 0 radical (unpaired) electrons. The van der Waals surface area contributed by atoms with Gasteiger partial charge in [0.2, 0.25) is 0 Å². The second-order valence-electron chi connectivity index (χ2n) is 9.92. The molecule has 0 aromatic carbocycles. The molecule has 0 spiro atoms. The van der Waals surface area contributed by atoms with Gasteiger partial charge in [-0.05, 0) is 71.3 Å². The fourth-order valence-corrected chi connectivity index (χ4v) is 168. The number of hydrogen-bond donors (Lipinski definition) is 0. The number of fused-ring (bicyclic) bond motifs is 2. The monoisotopic (exact) mass is 1050 g/mol. The van der Waals surface area contributed by atoms with Gasteiger partial charge in [-0.2, -0.15) is 0 Å². The molecule has 2 aliphatic rings. The molecule has 1 fully saturated rings. The van der Waals surface area contributed by atoms with E-state index in [1.807, 2.05) is 0 Å². The van der Waals surface area contributed by atoms with Crippen molar-refractivity contribution in [2.24, 2.45) is 11.3 Å². The average molecular weight is 1050 g/mol. The summed E-state index contributed by atoms with van der Waals surface area (Å²) in [6.07, 6.45) is 1.51. The Morgan fingerprint density at radius 2 is 1.35 bits per heavy atom. The van der Waals surface area contributed by atoms with Gasteiger partial charge in [0.15, 0.2) is 5.78 Å². The van der Waals surface area contributed by atoms with Crippen molar-refractivity contribution < 1.29 is 18.4 Å². The summed E-state index contributed by atoms with van der Waals surface area (Å²) in [7, 11) is 39.6. The summed E-state index contributed by atoms with van der Waals surface area (Å²) in [4.78, 5) is 13.9. The van der Waals surface area contributed by atoms with Crippen LogP contribution in [0.2, 0.25) is 0 Å². The number of rotatable bonds is 15. The molecule has 0 amide bonds. The summed E-state index contributed by atoms with van der Waals surface area (Å²) < 4.78 is 21.2. The highest BCUT2D eigenvalue weighted by molar-refractivity contribution is 9.19. The first kappa shape index (κ1) is 49.2. The van der Waals surface area contributed by atoms with Crippen molar-refractivity contribution in [1.29, 1.82) is 0 Å². The second kappa shape index (κ2) is 24.1. The molecule has 4 nitrogen and oxygen atoms in total. The van der Waals surface area contributed by atoms with Gasteiger partial charge in [-0.1, -0.05) is 39.7 Å². The Morgan fingerprint density at radius 1 is 0.791 bits per heavy atom. The van der Waals surface area contributed by atoms with Crippen molar-refractivity contribution >= 4 is 209 Å². The summed E-state index contributed by atoms with van der Waals surface area (Å²) in [5, 5.41) is 0. The SMILES string of the molecule is CC1=C2C(OP(P(P)P)P(PP)P(P)P)CCC(=O)C(OPP)C(CC1OP(P(P)P(P)P)P(P(P)P)P(P)P)C2(C)C. The summed E-state index contributed by atoms with van der Waals surface area (Å²) in [6.45, 7) is 4.51. The number of carbonyl (C=O) groups is 1. The first-order chi connectivity index (χ1) is 19.9. The molecular formula is C14H47O4P25. The van der Waals surface area contributed by atoms with Crippen LogP contribution in [0.1, 0.15) is 40.0 Å². The Bertz CT molecular complexity index is 926. The molecule has 23 atom stereocenters. The molecule has 0 aromatic heterocycles. The summed E-state index contributed by atoms with van der Waals surface area (Å²) in [5.41, 5.74) is 2.49. The van der Waals surface area contributed by atoms with Gasteiger partial charge in [0.25, 0.3) is 0 Å². The Morgan fingerprint density at radius 3 is 1.79 bits per heavy atom. The van der Waals surface area contributed by atoms with Crippen molar-refractivity contribution in [2.75, 3.05) is 0 Å². The summed E-state index contributed by atoms with van der Waals surface area (Å²) in [5.74, 6) is 0.271. The van der Waals surface area contributed by atoms with Crippen LogP contribution in [0, 0.1) is 11.3 Å². The lowest BCUT2D eigenvalue weighted by atomic mass is 9.59. The zero-order valence-corrected chi connectivity index (χ0v) is 50.0. The van der Waals surface area contributed by atoms with Crippen molar-refractivity contribution in [2.45, 2.75) is 58.3 Å². The third-order valence-corrected chi connectivity index (χ3v) is 126. The molecule has 0 N–H and O–H groups in total. The van der Waals surface area contributed by atoms with Crippen molar-refractivity contribution in [3.63, 3.8) is 0 Å². The molecule has 0 aliphatic heterocycles. The van der Waals surface area contributed by atoms with E-state index in [2.05, 4.69) is 137 Å². The Balaban J connectivity index is 2.75. The lowest BCUT2D eigenvalue weighted by Crippen LogP contribution is -2.50. The van der Waals surface area contributed by atoms with E-state index < -0.39 is 28.1 Å². The molecule has 43 heavy (non-hydrogen) atoms. The largest absolute Gasteiger partial charge is 0.347 e. The van der Waals surface area contributed by atoms with Gasteiger partial charge < -0.3 is 13.6 Å². The van der Waals surface area contributed by atoms with Crippen molar-refractivity contribution in [3.8, 4) is 0 Å². The Hall–Kier alpha value is 10.0. The molecule has 2 aliphatic carbocycles. The Labute approximate surface area is 305 Å². The Kier molecular flexibility index (Phi) is 27.5. The van der Waals surface area contributed by atoms with Gasteiger partial charge in [0.05, 0.1) is 27.3 Å². The predicted molar refractivity (Wildman–Crippen MR) is 276 cm³/mol. The highest BCUT2D eigenvalue weighted by atomic mass is 33.2. The molecule has 252 valence electrons. The first-order valence-electron chi connectivity index (χ1n) is 12.3. The smallest absolute Gasteiger partial charge is 0.162 e. The minimum Gasteiger partial charge on any atom is -0.347 e. The van der Waals surface area contributed by atoms with Crippen LogP contribution < -0.4 is 0 Å². The molecule has 2 rings (SSSR count). The van der Waals surface area contributed by atoms with E-state index in [0.29, 0.717) is 12.8 Å². The second-order valence-corrected chi connectivity index (χ2v) is 94.4. The lowest BCUT2D eigenvalue weighted by Gasteiger charge is -2.52. The van der Waals surface area contributed by atoms with Crippen LogP contribution in [0.4, 0.5) is 0 Å². The van der Waals surface area contributed by atoms with Crippen molar-refractivity contribution in [1.82, 2.24) is 0 Å². The maximum atomic E-state index is 13.9. The minimum atomic E-state index is -0.664. The maximum absolute atomic E-state index is 13.9. The van der Waals surface area contributed by atoms with Crippen molar-refractivity contribution in [3.05, 3.63) is 11.1 Å². The highest BCUT2D eigenvalue weighted by Crippen LogP contribution is 3.18. The predicted octanol–water partition coefficient (Wildman–Crippen LogP) is 16.3. The molecule has 0 heterocycles. The van der Waals surface area contributed by atoms with Gasteiger partial charge in [0, 0.05) is 41.8 Å². The molecule has 1 saturated carbocycles. The zero-order valence-electron chi connectivity index (χ0n) is 24.0. The summed E-state index contributed by atoms with van der Waals surface area (Å²) in [6, 6.07) is 0. The lowest BCUT2D eigenvalue weighted by molar-refractivity contribution is -0.132. The van der Waals surface area contributed by atoms with Gasteiger partial charge >= 0.3 is 0 Å². The normalized spacial score (nSPS) is 28.4. The average Bonchev–Trinajstić information content (AvgIpc) is 2.89. The van der Waals surface area contributed by atoms with Crippen LogP contribution in [0.3, 0.4) is 0 Å². The van der Waals surface area contributed by atoms with E-state index in [1.165, 1.54) is 11.1 Å². The van der Waals surface area contributed by atoms with Crippen LogP contribution in [0.5, 0.6) is 0 Å². The molecular weight excluding hydrogens is 1010 g/mol. The fraction of sp³-hybridized carbons (Fsp3) is 0.786. The number of carbonyl (C=O) groups excluding carboxylic acids is 1. The third kappa shape index (κ3) is 14.1. The van der Waals surface area contributed by atoms with Crippen LogP contribution in [-0.4, -0.2) is 24.1 Å². The van der Waals surface area contributed by atoms with Crippen LogP contribution in [0.25, 0.3) is 0 Å². The van der Waals surface area contributed by atoms with E-state index in [0.717, 1.165) is 14.4 Å². The van der Waals surface area contributed by atoms with E-state index in [4.69, 9.17) is 13.6 Å². The molecule has 23 unspecified atom stereocenters. The third-order valence-electron chi connectivity index (χ3n) is 6.96. The first-order valence-corrected chi connectivity index (χ1v) is 55.4. The quantitative estimate of drug-likeness (QED) is 0.121. The van der Waals surface area contributed by atoms with E-state index in [9.17, 15) is 4.79 Å². The minimum absolute atomic E-state index is 0.0316. The fourth-order valence-electron chi connectivity index (χ4n) is 5.17.